The van der Waals surface area contributed by atoms with Crippen molar-refractivity contribution in [3.63, 3.8) is 0 Å². The smallest absolute Gasteiger partial charge is 0.303 e. The Kier molecular flexibility index (Phi) is 8.46. The molecule has 8 heteroatoms. The first kappa shape index (κ1) is 23.3. The molecule has 0 radical (unpaired) electrons. The number of benzene rings is 1. The number of hydrogen-bond acceptors (Lipinski definition) is 5. The van der Waals surface area contributed by atoms with Gasteiger partial charge in [0.25, 0.3) is 0 Å². The van der Waals surface area contributed by atoms with E-state index in [1.165, 1.54) is 0 Å². The number of carboxylic acid groups (broad SMARTS) is 1. The van der Waals surface area contributed by atoms with Crippen LogP contribution in [0.1, 0.15) is 30.4 Å². The number of nitriles is 1. The Labute approximate surface area is 181 Å². The number of aliphatic imine (C=N–C) groups is 1. The number of amides is 1. The van der Waals surface area contributed by atoms with E-state index in [0.717, 1.165) is 16.7 Å². The van der Waals surface area contributed by atoms with E-state index in [4.69, 9.17) is 10.8 Å². The number of nitrogens with zero attached hydrogens (tertiary/aromatic N) is 4. The zero-order valence-electron chi connectivity index (χ0n) is 17.5. The van der Waals surface area contributed by atoms with Gasteiger partial charge in [0.15, 0.2) is 5.92 Å². The highest BCUT2D eigenvalue weighted by molar-refractivity contribution is 6.05. The third-order valence-electron chi connectivity index (χ3n) is 4.45. The van der Waals surface area contributed by atoms with Gasteiger partial charge in [0, 0.05) is 38.5 Å². The Morgan fingerprint density at radius 1 is 1.29 bits per heavy atom. The number of aromatic nitrogens is 1. The Bertz CT molecular complexity index is 1020. The Morgan fingerprint density at radius 2 is 2.03 bits per heavy atom. The van der Waals surface area contributed by atoms with Crippen LogP contribution in [0.4, 0.5) is 5.69 Å². The maximum atomic E-state index is 11.7. The molecule has 1 unspecified atom stereocenters. The lowest BCUT2D eigenvalue weighted by molar-refractivity contribution is -0.137. The first-order valence-electron chi connectivity index (χ1n) is 9.71. The molecule has 0 spiro atoms. The molecule has 31 heavy (non-hydrogen) atoms. The number of primary amides is 1. The van der Waals surface area contributed by atoms with Crippen LogP contribution in [0.15, 0.2) is 59.9 Å². The van der Waals surface area contributed by atoms with Crippen LogP contribution in [0.25, 0.3) is 5.57 Å². The van der Waals surface area contributed by atoms with Gasteiger partial charge < -0.3 is 15.7 Å². The topological polar surface area (TPSA) is 133 Å². The molecule has 0 aliphatic rings. The number of allylic oxidation sites excluding steroid dienone is 1. The van der Waals surface area contributed by atoms with Crippen molar-refractivity contribution in [2.75, 3.05) is 14.1 Å². The molecule has 0 aliphatic carbocycles. The van der Waals surface area contributed by atoms with Gasteiger partial charge in [-0.05, 0) is 42.2 Å². The summed E-state index contributed by atoms with van der Waals surface area (Å²) < 4.78 is 0. The van der Waals surface area contributed by atoms with Gasteiger partial charge in [0.1, 0.15) is 5.84 Å². The second-order valence-electron chi connectivity index (χ2n) is 7.02. The van der Waals surface area contributed by atoms with Crippen molar-refractivity contribution in [1.82, 2.24) is 9.88 Å². The number of carboxylic acids is 1. The molecule has 2 aromatic rings. The molecule has 1 atom stereocenters. The molecule has 0 bridgehead atoms. The highest BCUT2D eigenvalue weighted by Gasteiger charge is 2.23. The van der Waals surface area contributed by atoms with Crippen LogP contribution in [0.5, 0.6) is 0 Å². The van der Waals surface area contributed by atoms with Crippen LogP contribution in [0, 0.1) is 17.2 Å². The molecule has 1 heterocycles. The van der Waals surface area contributed by atoms with E-state index < -0.39 is 17.8 Å². The molecule has 0 saturated carbocycles. The molecule has 0 saturated heterocycles. The second-order valence-corrected chi connectivity index (χ2v) is 7.02. The van der Waals surface area contributed by atoms with Crippen molar-refractivity contribution < 1.29 is 14.7 Å². The summed E-state index contributed by atoms with van der Waals surface area (Å²) >= 11 is 0. The van der Waals surface area contributed by atoms with Crippen molar-refractivity contribution in [2.24, 2.45) is 16.6 Å². The van der Waals surface area contributed by atoms with E-state index in [1.54, 1.807) is 37.5 Å². The van der Waals surface area contributed by atoms with E-state index in [-0.39, 0.29) is 12.3 Å². The largest absolute Gasteiger partial charge is 0.481 e. The van der Waals surface area contributed by atoms with E-state index in [1.807, 2.05) is 42.5 Å². The van der Waals surface area contributed by atoms with Gasteiger partial charge >= 0.3 is 5.97 Å². The van der Waals surface area contributed by atoms with Crippen molar-refractivity contribution in [1.29, 1.82) is 5.26 Å². The van der Waals surface area contributed by atoms with Crippen LogP contribution in [-0.2, 0) is 9.59 Å². The molecule has 1 amide bonds. The summed E-state index contributed by atoms with van der Waals surface area (Å²) in [4.78, 5) is 32.7. The molecular weight excluding hydrogens is 394 g/mol. The predicted octanol–water partition coefficient (Wildman–Crippen LogP) is 2.98. The third-order valence-corrected chi connectivity index (χ3v) is 4.45. The van der Waals surface area contributed by atoms with Crippen molar-refractivity contribution in [2.45, 2.75) is 19.3 Å². The zero-order chi connectivity index (χ0) is 22.8. The number of carbonyl (C=O) groups is 2. The molecule has 2 rings (SSSR count). The normalized spacial score (nSPS) is 12.7. The summed E-state index contributed by atoms with van der Waals surface area (Å²) in [7, 11) is 3.39. The summed E-state index contributed by atoms with van der Waals surface area (Å²) in [6.45, 7) is 0. The van der Waals surface area contributed by atoms with Crippen LogP contribution in [0.3, 0.4) is 0 Å². The molecule has 0 aliphatic heterocycles. The van der Waals surface area contributed by atoms with Crippen LogP contribution in [0.2, 0.25) is 0 Å². The molecule has 160 valence electrons. The van der Waals surface area contributed by atoms with Gasteiger partial charge in [-0.2, -0.15) is 5.26 Å². The Morgan fingerprint density at radius 3 is 2.61 bits per heavy atom. The highest BCUT2D eigenvalue weighted by atomic mass is 16.4. The standard InChI is InChI=1S/C23H25N5O3/c1-28(2)23(20(14-24)22(25)31)27-18-9-5-7-16(13-18)19(10-3-4-11-21(29)30)17-8-6-12-26-15-17/h5-10,12-13,15,20H,3-4,11H2,1-2H3,(H2,25,31)(H,29,30)/b19-10+,27-23?. The number of unbranched alkanes of at least 4 members (excludes halogenated alkanes) is 1. The minimum atomic E-state index is -1.16. The SMILES string of the molecule is CN(C)C(=Nc1cccc(/C(=C\CCCC(=O)O)c2cccnc2)c1)C(C#N)C(N)=O. The summed E-state index contributed by atoms with van der Waals surface area (Å²) in [5, 5.41) is 18.2. The zero-order valence-corrected chi connectivity index (χ0v) is 17.5. The lowest BCUT2D eigenvalue weighted by Gasteiger charge is -2.18. The fraction of sp³-hybridized carbons (Fsp3) is 0.261. The number of amidine groups is 1. The van der Waals surface area contributed by atoms with Gasteiger partial charge in [-0.3, -0.25) is 14.6 Å². The van der Waals surface area contributed by atoms with Gasteiger partial charge in [0.2, 0.25) is 5.91 Å². The fourth-order valence-corrected chi connectivity index (χ4v) is 2.97. The fourth-order valence-electron chi connectivity index (χ4n) is 2.97. The van der Waals surface area contributed by atoms with Crippen molar-refractivity contribution >= 4 is 29.0 Å². The highest BCUT2D eigenvalue weighted by Crippen LogP contribution is 2.27. The van der Waals surface area contributed by atoms with Crippen LogP contribution < -0.4 is 5.73 Å². The molecule has 3 N–H and O–H groups in total. The molecule has 0 fully saturated rings. The second kappa shape index (κ2) is 11.3. The van der Waals surface area contributed by atoms with E-state index >= 15 is 0 Å². The number of pyridine rings is 1. The molecule has 8 nitrogen and oxygen atoms in total. The summed E-state index contributed by atoms with van der Waals surface area (Å²) in [6, 6.07) is 13.0. The number of nitrogens with two attached hydrogens (primary N) is 1. The van der Waals surface area contributed by atoms with E-state index in [2.05, 4.69) is 9.98 Å². The minimum Gasteiger partial charge on any atom is -0.481 e. The maximum Gasteiger partial charge on any atom is 0.303 e. The van der Waals surface area contributed by atoms with Gasteiger partial charge in [-0.25, -0.2) is 4.99 Å². The lowest BCUT2D eigenvalue weighted by Crippen LogP contribution is -2.37. The number of hydrogen-bond donors (Lipinski definition) is 2. The predicted molar refractivity (Wildman–Crippen MR) is 118 cm³/mol. The Hall–Kier alpha value is -3.99. The monoisotopic (exact) mass is 419 g/mol. The van der Waals surface area contributed by atoms with E-state index in [9.17, 15) is 14.9 Å². The van der Waals surface area contributed by atoms with Gasteiger partial charge in [0.05, 0.1) is 11.8 Å². The van der Waals surface area contributed by atoms with Gasteiger partial charge in [-0.1, -0.05) is 24.3 Å². The third kappa shape index (κ3) is 6.78. The number of rotatable bonds is 9. The summed E-state index contributed by atoms with van der Waals surface area (Å²) in [6.07, 6.45) is 6.60. The maximum absolute atomic E-state index is 11.7. The van der Waals surface area contributed by atoms with Crippen LogP contribution >= 0.6 is 0 Å². The van der Waals surface area contributed by atoms with Crippen molar-refractivity contribution in [3.05, 3.63) is 66.0 Å². The van der Waals surface area contributed by atoms with E-state index in [0.29, 0.717) is 18.5 Å². The first-order valence-corrected chi connectivity index (χ1v) is 9.71. The van der Waals surface area contributed by atoms with Crippen LogP contribution in [-0.4, -0.2) is 46.8 Å². The average molecular weight is 419 g/mol. The quantitative estimate of drug-likeness (QED) is 0.365. The molecular formula is C23H25N5O3. The summed E-state index contributed by atoms with van der Waals surface area (Å²) in [5.41, 5.74) is 8.56. The number of carbonyl (C=O) groups excluding carboxylic acids is 1. The Balaban J connectivity index is 2.46. The average Bonchev–Trinajstić information content (AvgIpc) is 2.74. The lowest BCUT2D eigenvalue weighted by atomic mass is 9.97. The van der Waals surface area contributed by atoms with Gasteiger partial charge in [-0.15, -0.1) is 0 Å². The molecule has 1 aromatic heterocycles. The van der Waals surface area contributed by atoms with Crippen molar-refractivity contribution in [3.8, 4) is 6.07 Å². The summed E-state index contributed by atoms with van der Waals surface area (Å²) in [5.74, 6) is -2.51. The first-order chi connectivity index (χ1) is 14.8. The minimum absolute atomic E-state index is 0.0933. The molecule has 1 aromatic carbocycles. The number of aliphatic carboxylic acids is 1.